The van der Waals surface area contributed by atoms with E-state index in [-0.39, 0.29) is 0 Å². The lowest BCUT2D eigenvalue weighted by Crippen LogP contribution is -2.05. The highest BCUT2D eigenvalue weighted by Gasteiger charge is 2.06. The first-order valence-electron chi connectivity index (χ1n) is 6.51. The largest absolute Gasteiger partial charge is 0.457 e. The molecule has 0 saturated heterocycles. The highest BCUT2D eigenvalue weighted by atomic mass is 79.9. The number of aromatic nitrogens is 2. The summed E-state index contributed by atoms with van der Waals surface area (Å²) < 4.78 is 8.37. The molecule has 0 amide bonds. The third kappa shape index (κ3) is 3.25. The predicted octanol–water partition coefficient (Wildman–Crippen LogP) is 4.07. The lowest BCUT2D eigenvalue weighted by Gasteiger charge is -2.08. The van der Waals surface area contributed by atoms with E-state index in [1.54, 1.807) is 10.9 Å². The number of nitrogens with two attached hydrogens (primary N) is 1. The molecule has 3 aromatic rings. The first-order valence-corrected chi connectivity index (χ1v) is 7.30. The van der Waals surface area contributed by atoms with E-state index >= 15 is 0 Å². The lowest BCUT2D eigenvalue weighted by molar-refractivity contribution is 0.481. The van der Waals surface area contributed by atoms with Crippen molar-refractivity contribution < 1.29 is 4.74 Å². The zero-order chi connectivity index (χ0) is 14.7. The molecular weight excluding hydrogens is 330 g/mol. The predicted molar refractivity (Wildman–Crippen MR) is 86.4 cm³/mol. The molecule has 0 saturated carbocycles. The van der Waals surface area contributed by atoms with Crippen LogP contribution in [0.2, 0.25) is 0 Å². The molecule has 21 heavy (non-hydrogen) atoms. The van der Waals surface area contributed by atoms with Gasteiger partial charge in [0.2, 0.25) is 0 Å². The molecule has 4 nitrogen and oxygen atoms in total. The Bertz CT molecular complexity index is 740. The van der Waals surface area contributed by atoms with Crippen LogP contribution in [-0.2, 0) is 6.54 Å². The Labute approximate surface area is 131 Å². The summed E-state index contributed by atoms with van der Waals surface area (Å²) in [4.78, 5) is 0. The number of rotatable bonds is 4. The van der Waals surface area contributed by atoms with Crippen LogP contribution in [0.1, 0.15) is 5.56 Å². The molecule has 0 aliphatic carbocycles. The summed E-state index contributed by atoms with van der Waals surface area (Å²) in [6, 6.07) is 17.6. The Morgan fingerprint density at radius 1 is 1.05 bits per heavy atom. The van der Waals surface area contributed by atoms with Crippen molar-refractivity contribution in [2.45, 2.75) is 6.54 Å². The van der Waals surface area contributed by atoms with E-state index in [9.17, 15) is 0 Å². The van der Waals surface area contributed by atoms with Crippen molar-refractivity contribution in [1.82, 2.24) is 9.78 Å². The average molecular weight is 344 g/mol. The molecule has 3 rings (SSSR count). The highest BCUT2D eigenvalue weighted by molar-refractivity contribution is 9.10. The van der Waals surface area contributed by atoms with Crippen LogP contribution in [0.25, 0.3) is 0 Å². The minimum absolute atomic E-state index is 0.601. The van der Waals surface area contributed by atoms with Crippen LogP contribution in [0.15, 0.2) is 65.3 Å². The van der Waals surface area contributed by atoms with E-state index in [1.165, 1.54) is 0 Å². The lowest BCUT2D eigenvalue weighted by atomic mass is 10.2. The van der Waals surface area contributed by atoms with E-state index in [4.69, 9.17) is 10.5 Å². The molecule has 0 fully saturated rings. The summed E-state index contributed by atoms with van der Waals surface area (Å²) in [5.41, 5.74) is 7.01. The fourth-order valence-electron chi connectivity index (χ4n) is 2.00. The van der Waals surface area contributed by atoms with Crippen molar-refractivity contribution in [1.29, 1.82) is 0 Å². The Hall–Kier alpha value is -2.27. The van der Waals surface area contributed by atoms with Crippen molar-refractivity contribution in [3.63, 3.8) is 0 Å². The number of ether oxygens (including phenoxy) is 1. The maximum absolute atomic E-state index is 5.93. The number of nitrogen functional groups attached to an aromatic ring is 1. The number of nitrogens with zero attached hydrogens (tertiary/aromatic N) is 2. The van der Waals surface area contributed by atoms with Crippen molar-refractivity contribution in [3.8, 4) is 11.5 Å². The molecule has 106 valence electrons. The fourth-order valence-corrected chi connectivity index (χ4v) is 2.30. The smallest absolute Gasteiger partial charge is 0.136 e. The van der Waals surface area contributed by atoms with Crippen LogP contribution < -0.4 is 10.5 Å². The summed E-state index contributed by atoms with van der Waals surface area (Å²) in [6.45, 7) is 0.601. The van der Waals surface area contributed by atoms with Gasteiger partial charge in [-0.1, -0.05) is 30.3 Å². The van der Waals surface area contributed by atoms with Crippen LogP contribution in [0, 0.1) is 0 Å². The highest BCUT2D eigenvalue weighted by Crippen LogP contribution is 2.23. The minimum Gasteiger partial charge on any atom is -0.457 e. The van der Waals surface area contributed by atoms with Gasteiger partial charge in [-0.3, -0.25) is 0 Å². The Morgan fingerprint density at radius 2 is 1.81 bits per heavy atom. The second kappa shape index (κ2) is 6.01. The van der Waals surface area contributed by atoms with Gasteiger partial charge in [0.15, 0.2) is 0 Å². The first-order chi connectivity index (χ1) is 10.2. The van der Waals surface area contributed by atoms with Gasteiger partial charge in [-0.25, -0.2) is 4.68 Å². The molecule has 5 heteroatoms. The zero-order valence-corrected chi connectivity index (χ0v) is 12.8. The number of hydrogen-bond donors (Lipinski definition) is 1. The second-order valence-electron chi connectivity index (χ2n) is 4.60. The number of benzene rings is 2. The number of halogens is 1. The minimum atomic E-state index is 0.601. The topological polar surface area (TPSA) is 53.1 Å². The number of para-hydroxylation sites is 1. The van der Waals surface area contributed by atoms with Crippen molar-refractivity contribution in [3.05, 3.63) is 70.8 Å². The van der Waals surface area contributed by atoms with Crippen molar-refractivity contribution in [2.75, 3.05) is 5.73 Å². The van der Waals surface area contributed by atoms with Crippen LogP contribution in [0.5, 0.6) is 11.5 Å². The van der Waals surface area contributed by atoms with Crippen LogP contribution in [-0.4, -0.2) is 9.78 Å². The number of anilines is 1. The van der Waals surface area contributed by atoms with Crippen molar-refractivity contribution >= 4 is 21.7 Å². The Kier molecular flexibility index (Phi) is 3.92. The molecule has 2 N–H and O–H groups in total. The van der Waals surface area contributed by atoms with Gasteiger partial charge in [-0.15, -0.1) is 0 Å². The molecule has 0 spiro atoms. The Morgan fingerprint density at radius 3 is 2.52 bits per heavy atom. The second-order valence-corrected chi connectivity index (χ2v) is 5.45. The van der Waals surface area contributed by atoms with Crippen LogP contribution in [0.4, 0.5) is 5.82 Å². The van der Waals surface area contributed by atoms with Crippen LogP contribution in [0.3, 0.4) is 0 Å². The van der Waals surface area contributed by atoms with Gasteiger partial charge in [0.05, 0.1) is 17.2 Å². The standard InChI is InChI=1S/C16H14BrN3O/c17-15-10-19-20(16(15)18)11-12-5-4-8-14(9-12)21-13-6-2-1-3-7-13/h1-10H,11,18H2. The van der Waals surface area contributed by atoms with Gasteiger partial charge < -0.3 is 10.5 Å². The van der Waals surface area contributed by atoms with Gasteiger partial charge >= 0.3 is 0 Å². The Balaban J connectivity index is 1.79. The monoisotopic (exact) mass is 343 g/mol. The van der Waals surface area contributed by atoms with Gasteiger partial charge in [0, 0.05) is 0 Å². The first kappa shape index (κ1) is 13.7. The molecule has 2 aromatic carbocycles. The molecule has 0 aliphatic rings. The molecule has 1 aromatic heterocycles. The van der Waals surface area contributed by atoms with Crippen LogP contribution >= 0.6 is 15.9 Å². The van der Waals surface area contributed by atoms with E-state index in [0.717, 1.165) is 21.5 Å². The summed E-state index contributed by atoms with van der Waals surface area (Å²) in [6.07, 6.45) is 1.69. The summed E-state index contributed by atoms with van der Waals surface area (Å²) in [5, 5.41) is 4.23. The third-order valence-corrected chi connectivity index (χ3v) is 3.65. The van der Waals surface area contributed by atoms with E-state index < -0.39 is 0 Å². The van der Waals surface area contributed by atoms with Gasteiger partial charge in [0.1, 0.15) is 17.3 Å². The van der Waals surface area contributed by atoms with E-state index in [0.29, 0.717) is 12.4 Å². The summed E-state index contributed by atoms with van der Waals surface area (Å²) in [7, 11) is 0. The molecular formula is C16H14BrN3O. The van der Waals surface area contributed by atoms with Gasteiger partial charge in [-0.05, 0) is 45.8 Å². The van der Waals surface area contributed by atoms with E-state index in [1.807, 2.05) is 54.6 Å². The molecule has 0 unspecified atom stereocenters. The quantitative estimate of drug-likeness (QED) is 0.776. The molecule has 0 atom stereocenters. The maximum Gasteiger partial charge on any atom is 0.136 e. The summed E-state index contributed by atoms with van der Waals surface area (Å²) >= 11 is 3.36. The molecule has 1 heterocycles. The molecule has 0 bridgehead atoms. The SMILES string of the molecule is Nc1c(Br)cnn1Cc1cccc(Oc2ccccc2)c1. The van der Waals surface area contributed by atoms with Gasteiger partial charge in [0.25, 0.3) is 0 Å². The van der Waals surface area contributed by atoms with Gasteiger partial charge in [-0.2, -0.15) is 5.10 Å². The third-order valence-electron chi connectivity index (χ3n) is 3.04. The molecule has 0 aliphatic heterocycles. The normalized spacial score (nSPS) is 10.5. The summed E-state index contributed by atoms with van der Waals surface area (Å²) in [5.74, 6) is 2.23. The zero-order valence-electron chi connectivity index (χ0n) is 11.2. The molecule has 0 radical (unpaired) electrons. The van der Waals surface area contributed by atoms with E-state index in [2.05, 4.69) is 21.0 Å². The average Bonchev–Trinajstić information content (AvgIpc) is 2.81. The maximum atomic E-state index is 5.93. The fraction of sp³-hybridized carbons (Fsp3) is 0.0625. The number of hydrogen-bond acceptors (Lipinski definition) is 3. The van der Waals surface area contributed by atoms with Crippen molar-refractivity contribution in [2.24, 2.45) is 0 Å².